The molecule has 2 rings (SSSR count). The van der Waals surface area contributed by atoms with Gasteiger partial charge in [-0.25, -0.2) is 0 Å². The molecule has 0 aromatic heterocycles. The van der Waals surface area contributed by atoms with Crippen LogP contribution in [0.25, 0.3) is 0 Å². The van der Waals surface area contributed by atoms with Gasteiger partial charge >= 0.3 is 29.6 Å². The van der Waals surface area contributed by atoms with Crippen molar-refractivity contribution in [3.63, 3.8) is 0 Å². The van der Waals surface area contributed by atoms with Gasteiger partial charge in [-0.2, -0.15) is 0 Å². The SMILES string of the molecule is CCCc1c(SCCCCCc2ccccc2)ccc(C(C)=O)c1OCC(=O)[O-].[Na+]. The van der Waals surface area contributed by atoms with Crippen LogP contribution in [-0.2, 0) is 17.6 Å². The number of benzene rings is 2. The number of aliphatic carboxylic acids is 1. The Morgan fingerprint density at radius 3 is 2.37 bits per heavy atom. The molecule has 0 radical (unpaired) electrons. The zero-order valence-corrected chi connectivity index (χ0v) is 21.1. The summed E-state index contributed by atoms with van der Waals surface area (Å²) in [5, 5.41) is 10.9. The first kappa shape index (κ1) is 26.8. The second kappa shape index (κ2) is 14.7. The van der Waals surface area contributed by atoms with E-state index in [1.54, 1.807) is 17.8 Å². The maximum absolute atomic E-state index is 12.0. The number of carboxylic acids is 1. The zero-order chi connectivity index (χ0) is 21.1. The molecule has 0 unspecified atom stereocenters. The molecular formula is C24H29NaO4S. The molecule has 6 heteroatoms. The van der Waals surface area contributed by atoms with Crippen LogP contribution in [0.2, 0.25) is 0 Å². The van der Waals surface area contributed by atoms with Crippen molar-refractivity contribution in [2.24, 2.45) is 0 Å². The number of carbonyl (C=O) groups excluding carboxylic acids is 2. The van der Waals surface area contributed by atoms with Crippen LogP contribution in [-0.4, -0.2) is 24.1 Å². The van der Waals surface area contributed by atoms with E-state index in [-0.39, 0.29) is 35.3 Å². The standard InChI is InChI=1S/C24H30O4S.Na/c1-3-10-21-22(15-14-20(18(2)25)24(21)28-17-23(26)27)29-16-9-5-8-13-19-11-6-4-7-12-19;/h4,6-7,11-12,14-15H,3,5,8-10,13,16-17H2,1-2H3,(H,26,27);/q;+1/p-1. The number of thioether (sulfide) groups is 1. The molecule has 156 valence electrons. The van der Waals surface area contributed by atoms with Crippen molar-refractivity contribution in [1.29, 1.82) is 0 Å². The molecule has 0 heterocycles. The normalized spacial score (nSPS) is 10.3. The second-order valence-electron chi connectivity index (χ2n) is 7.03. The number of ketones is 1. The number of carbonyl (C=O) groups is 2. The van der Waals surface area contributed by atoms with Gasteiger partial charge in [-0.15, -0.1) is 11.8 Å². The number of hydrogen-bond donors (Lipinski definition) is 0. The van der Waals surface area contributed by atoms with Crippen LogP contribution in [0.4, 0.5) is 0 Å². The van der Waals surface area contributed by atoms with Crippen LogP contribution < -0.4 is 39.4 Å². The van der Waals surface area contributed by atoms with Gasteiger partial charge in [-0.3, -0.25) is 4.79 Å². The van der Waals surface area contributed by atoms with Gasteiger partial charge in [-0.1, -0.05) is 50.1 Å². The largest absolute Gasteiger partial charge is 1.00 e. The fraction of sp³-hybridized carbons (Fsp3) is 0.417. The Labute approximate surface area is 206 Å². The van der Waals surface area contributed by atoms with Crippen LogP contribution >= 0.6 is 11.8 Å². The maximum atomic E-state index is 12.0. The Balaban J connectivity index is 0.00000450. The molecule has 0 bridgehead atoms. The predicted molar refractivity (Wildman–Crippen MR) is 116 cm³/mol. The van der Waals surface area contributed by atoms with Crippen molar-refractivity contribution in [2.45, 2.75) is 57.3 Å². The Hall–Kier alpha value is -1.27. The second-order valence-corrected chi connectivity index (χ2v) is 8.17. The number of carboxylic acid groups (broad SMARTS) is 1. The average molecular weight is 437 g/mol. The Morgan fingerprint density at radius 2 is 1.73 bits per heavy atom. The molecule has 0 atom stereocenters. The van der Waals surface area contributed by atoms with Crippen LogP contribution in [0.5, 0.6) is 5.75 Å². The summed E-state index contributed by atoms with van der Waals surface area (Å²) in [4.78, 5) is 23.9. The fourth-order valence-electron chi connectivity index (χ4n) is 3.24. The maximum Gasteiger partial charge on any atom is 1.00 e. The number of ether oxygens (including phenoxy) is 1. The smallest absolute Gasteiger partial charge is 0.546 e. The minimum atomic E-state index is -1.29. The third-order valence-corrected chi connectivity index (χ3v) is 5.83. The van der Waals surface area contributed by atoms with Crippen molar-refractivity contribution in [3.05, 3.63) is 59.2 Å². The molecule has 30 heavy (non-hydrogen) atoms. The van der Waals surface area contributed by atoms with Crippen molar-refractivity contribution < 1.29 is 49.0 Å². The molecule has 2 aromatic rings. The van der Waals surface area contributed by atoms with E-state index in [2.05, 4.69) is 31.2 Å². The molecule has 0 aliphatic heterocycles. The van der Waals surface area contributed by atoms with E-state index in [0.717, 1.165) is 54.7 Å². The first-order chi connectivity index (χ1) is 14.0. The number of unbranched alkanes of at least 4 members (excludes halogenated alkanes) is 2. The monoisotopic (exact) mass is 436 g/mol. The Bertz CT molecular complexity index is 808. The summed E-state index contributed by atoms with van der Waals surface area (Å²) >= 11 is 1.75. The summed E-state index contributed by atoms with van der Waals surface area (Å²) in [6.45, 7) is 2.97. The molecule has 0 aliphatic rings. The molecule has 0 amide bonds. The van der Waals surface area contributed by atoms with Gasteiger partial charge in [0.25, 0.3) is 0 Å². The number of Topliss-reactive ketones (excluding diaryl/α,β-unsaturated/α-hetero) is 1. The van der Waals surface area contributed by atoms with Crippen molar-refractivity contribution in [1.82, 2.24) is 0 Å². The molecule has 4 nitrogen and oxygen atoms in total. The summed E-state index contributed by atoms with van der Waals surface area (Å²) in [6, 6.07) is 14.2. The number of aryl methyl sites for hydroxylation is 1. The van der Waals surface area contributed by atoms with E-state index in [9.17, 15) is 14.7 Å². The molecule has 2 aromatic carbocycles. The van der Waals surface area contributed by atoms with Crippen LogP contribution in [0, 0.1) is 0 Å². The summed E-state index contributed by atoms with van der Waals surface area (Å²) in [5.41, 5.74) is 2.73. The quantitative estimate of drug-likeness (QED) is 0.206. The zero-order valence-electron chi connectivity index (χ0n) is 18.2. The molecule has 0 aliphatic carbocycles. The van der Waals surface area contributed by atoms with Gasteiger partial charge in [0.1, 0.15) is 12.4 Å². The topological polar surface area (TPSA) is 66.4 Å². The van der Waals surface area contributed by atoms with Crippen LogP contribution in [0.15, 0.2) is 47.4 Å². The third-order valence-electron chi connectivity index (χ3n) is 4.64. The minimum absolute atomic E-state index is 0. The summed E-state index contributed by atoms with van der Waals surface area (Å²) < 4.78 is 5.48. The molecular weight excluding hydrogens is 407 g/mol. The van der Waals surface area contributed by atoms with Crippen molar-refractivity contribution in [2.75, 3.05) is 12.4 Å². The first-order valence-electron chi connectivity index (χ1n) is 10.2. The van der Waals surface area contributed by atoms with Crippen LogP contribution in [0.1, 0.15) is 61.0 Å². The Kier molecular flexibility index (Phi) is 13.1. The Morgan fingerprint density at radius 1 is 1.00 bits per heavy atom. The van der Waals surface area contributed by atoms with E-state index in [4.69, 9.17) is 4.74 Å². The van der Waals surface area contributed by atoms with E-state index in [1.807, 2.05) is 12.1 Å². The van der Waals surface area contributed by atoms with Crippen molar-refractivity contribution >= 4 is 23.5 Å². The molecule has 0 saturated carbocycles. The van der Waals surface area contributed by atoms with E-state index in [1.165, 1.54) is 12.5 Å². The molecule has 0 N–H and O–H groups in total. The van der Waals surface area contributed by atoms with Gasteiger partial charge < -0.3 is 14.6 Å². The van der Waals surface area contributed by atoms with Gasteiger partial charge in [0, 0.05) is 10.5 Å². The van der Waals surface area contributed by atoms with E-state index in [0.29, 0.717) is 11.3 Å². The van der Waals surface area contributed by atoms with Gasteiger partial charge in [0.2, 0.25) is 0 Å². The number of rotatable bonds is 13. The van der Waals surface area contributed by atoms with E-state index < -0.39 is 12.6 Å². The summed E-state index contributed by atoms with van der Waals surface area (Å²) in [7, 11) is 0. The molecule has 0 spiro atoms. The molecule has 0 fully saturated rings. The minimum Gasteiger partial charge on any atom is -0.546 e. The summed E-state index contributed by atoms with van der Waals surface area (Å²) in [6.07, 6.45) is 6.14. The fourth-order valence-corrected chi connectivity index (χ4v) is 4.34. The number of hydrogen-bond acceptors (Lipinski definition) is 5. The van der Waals surface area contributed by atoms with Gasteiger partial charge in [0.15, 0.2) is 5.78 Å². The average Bonchev–Trinajstić information content (AvgIpc) is 2.70. The summed E-state index contributed by atoms with van der Waals surface area (Å²) in [5.74, 6) is -0.0468. The predicted octanol–water partition coefficient (Wildman–Crippen LogP) is 1.48. The third kappa shape index (κ3) is 8.84. The molecule has 0 saturated heterocycles. The van der Waals surface area contributed by atoms with Crippen molar-refractivity contribution in [3.8, 4) is 5.75 Å². The van der Waals surface area contributed by atoms with Gasteiger partial charge in [0.05, 0.1) is 11.5 Å². The van der Waals surface area contributed by atoms with E-state index >= 15 is 0 Å². The van der Waals surface area contributed by atoms with Crippen LogP contribution in [0.3, 0.4) is 0 Å². The first-order valence-corrected chi connectivity index (χ1v) is 11.2. The van der Waals surface area contributed by atoms with Gasteiger partial charge in [-0.05, 0) is 56.1 Å².